The number of carbonyl (C=O) groups excluding carboxylic acids is 1. The summed E-state index contributed by atoms with van der Waals surface area (Å²) in [7, 11) is 0. The van der Waals surface area contributed by atoms with Crippen LogP contribution in [0.3, 0.4) is 0 Å². The van der Waals surface area contributed by atoms with E-state index in [0.29, 0.717) is 5.92 Å². The van der Waals surface area contributed by atoms with Crippen LogP contribution in [0.5, 0.6) is 0 Å². The van der Waals surface area contributed by atoms with Crippen molar-refractivity contribution >= 4 is 16.6 Å². The number of carbonyl (C=O) groups is 1. The molecule has 0 bridgehead atoms. The number of hydrogen-bond acceptors (Lipinski definition) is 4. The van der Waals surface area contributed by atoms with Gasteiger partial charge in [0.15, 0.2) is 5.78 Å². The zero-order valence-electron chi connectivity index (χ0n) is 29.7. The van der Waals surface area contributed by atoms with E-state index in [4.69, 9.17) is 9.97 Å². The first-order valence-corrected chi connectivity index (χ1v) is 17.7. The van der Waals surface area contributed by atoms with Crippen LogP contribution in [0.25, 0.3) is 44.4 Å². The van der Waals surface area contributed by atoms with Gasteiger partial charge in [-0.3, -0.25) is 14.8 Å². The SMILES string of the molecule is CC(C)c1cc(-c2nccc3c2CCc2nc(-c4ccccc4)ccc2-3)[c-]c2ccccc12.CCC(CC)C(=O)/C=C(\O)C(CC)CC.[Ir]. The summed E-state index contributed by atoms with van der Waals surface area (Å²) in [6.45, 7) is 12.6. The van der Waals surface area contributed by atoms with E-state index in [9.17, 15) is 9.90 Å². The summed E-state index contributed by atoms with van der Waals surface area (Å²) >= 11 is 0. The first-order valence-electron chi connectivity index (χ1n) is 17.7. The maximum absolute atomic E-state index is 11.7. The number of pyridine rings is 2. The van der Waals surface area contributed by atoms with Crippen LogP contribution in [0.4, 0.5) is 0 Å². The maximum atomic E-state index is 11.7. The molecule has 1 N–H and O–H groups in total. The molecule has 5 aromatic rings. The Hall–Kier alpha value is -3.92. The van der Waals surface area contributed by atoms with Crippen molar-refractivity contribution < 1.29 is 30.0 Å². The number of ketones is 1. The number of fused-ring (bicyclic) bond motifs is 4. The molecule has 4 nitrogen and oxygen atoms in total. The van der Waals surface area contributed by atoms with Crippen LogP contribution in [0.1, 0.15) is 90.0 Å². The Bertz CT molecular complexity index is 1890. The number of rotatable bonds is 10. The average Bonchev–Trinajstić information content (AvgIpc) is 3.12. The van der Waals surface area contributed by atoms with Gasteiger partial charge in [0.25, 0.3) is 0 Å². The Kier molecular flexibility index (Phi) is 13.6. The van der Waals surface area contributed by atoms with Gasteiger partial charge in [-0.05, 0) is 67.7 Å². The van der Waals surface area contributed by atoms with E-state index in [1.807, 2.05) is 40.0 Å². The summed E-state index contributed by atoms with van der Waals surface area (Å²) in [4.78, 5) is 21.6. The standard InChI is InChI=1S/C31H25N2.C13H24O2.Ir/c1-20(2)28-19-23(18-22-10-6-7-11-24(22)28)31-27-13-15-30-26(25(27)16-17-32-31)12-14-29(33-30)21-8-4-3-5-9-21;1-5-10(6-2)12(14)9-13(15)11(7-3)8-4;/h3-12,14,16-17,19-20H,13,15H2,1-2H3;9-11,14H,5-8H2,1-4H3;/q-1;;/b;12-9-;. The van der Waals surface area contributed by atoms with Gasteiger partial charge in [-0.25, -0.2) is 0 Å². The summed E-state index contributed by atoms with van der Waals surface area (Å²) in [5.41, 5.74) is 10.6. The van der Waals surface area contributed by atoms with Gasteiger partial charge >= 0.3 is 0 Å². The quantitative estimate of drug-likeness (QED) is 0.0865. The van der Waals surface area contributed by atoms with Crippen LogP contribution in [-0.4, -0.2) is 20.9 Å². The van der Waals surface area contributed by atoms with Crippen LogP contribution >= 0.6 is 0 Å². The molecule has 6 rings (SSSR count). The predicted molar refractivity (Wildman–Crippen MR) is 200 cm³/mol. The van der Waals surface area contributed by atoms with Crippen LogP contribution in [0.2, 0.25) is 0 Å². The maximum Gasteiger partial charge on any atom is 0.162 e. The van der Waals surface area contributed by atoms with Crippen LogP contribution in [0.15, 0.2) is 96.9 Å². The third kappa shape index (κ3) is 8.63. The van der Waals surface area contributed by atoms with Gasteiger partial charge < -0.3 is 5.11 Å². The van der Waals surface area contributed by atoms with Gasteiger partial charge in [0.1, 0.15) is 0 Å². The van der Waals surface area contributed by atoms with E-state index in [1.165, 1.54) is 39.4 Å². The number of hydrogen-bond donors (Lipinski definition) is 1. The first-order chi connectivity index (χ1) is 23.3. The van der Waals surface area contributed by atoms with Gasteiger partial charge in [0, 0.05) is 66.7 Å². The second kappa shape index (κ2) is 17.6. The fourth-order valence-corrected chi connectivity index (χ4v) is 6.82. The molecule has 0 spiro atoms. The van der Waals surface area contributed by atoms with E-state index < -0.39 is 0 Å². The average molecular weight is 830 g/mol. The van der Waals surface area contributed by atoms with Crippen molar-refractivity contribution in [3.8, 4) is 33.6 Å². The molecule has 1 aliphatic rings. The Labute approximate surface area is 306 Å². The summed E-state index contributed by atoms with van der Waals surface area (Å²) in [5.74, 6) is 0.982. The minimum Gasteiger partial charge on any atom is -0.512 e. The third-order valence-electron chi connectivity index (χ3n) is 9.77. The molecule has 0 amide bonds. The minimum atomic E-state index is 0. The first kappa shape index (κ1) is 37.9. The van der Waals surface area contributed by atoms with Crippen molar-refractivity contribution in [2.24, 2.45) is 11.8 Å². The molecule has 49 heavy (non-hydrogen) atoms. The zero-order valence-corrected chi connectivity index (χ0v) is 32.1. The number of aryl methyl sites for hydroxylation is 1. The Morgan fingerprint density at radius 1 is 0.837 bits per heavy atom. The van der Waals surface area contributed by atoms with Gasteiger partial charge in [0.05, 0.1) is 11.5 Å². The molecule has 0 aliphatic heterocycles. The number of benzene rings is 3. The zero-order chi connectivity index (χ0) is 34.2. The number of nitrogens with zero attached hydrogens (tertiary/aromatic N) is 2. The molecule has 0 saturated carbocycles. The molecule has 257 valence electrons. The van der Waals surface area contributed by atoms with E-state index >= 15 is 0 Å². The summed E-state index contributed by atoms with van der Waals surface area (Å²) < 4.78 is 0. The number of aromatic nitrogens is 2. The van der Waals surface area contributed by atoms with Crippen molar-refractivity contribution in [1.29, 1.82) is 0 Å². The molecule has 0 saturated heterocycles. The van der Waals surface area contributed by atoms with Gasteiger partial charge in [-0.15, -0.1) is 29.1 Å². The fraction of sp³-hybridized carbons (Fsp3) is 0.341. The number of allylic oxidation sites excluding steroid dienone is 2. The van der Waals surface area contributed by atoms with E-state index in [2.05, 4.69) is 92.7 Å². The molecule has 2 aromatic heterocycles. The Balaban J connectivity index is 0.000000290. The van der Waals surface area contributed by atoms with Gasteiger partial charge in [-0.2, -0.15) is 0 Å². The molecular formula is C44H49IrN2O2-. The van der Waals surface area contributed by atoms with Crippen molar-refractivity contribution in [2.45, 2.75) is 86.0 Å². The summed E-state index contributed by atoms with van der Waals surface area (Å²) in [6, 6.07) is 31.4. The van der Waals surface area contributed by atoms with Crippen molar-refractivity contribution in [3.05, 3.63) is 120 Å². The monoisotopic (exact) mass is 830 g/mol. The second-order valence-electron chi connectivity index (χ2n) is 13.1. The molecule has 0 atom stereocenters. The summed E-state index contributed by atoms with van der Waals surface area (Å²) in [6.07, 6.45) is 8.71. The molecule has 1 aliphatic carbocycles. The minimum absolute atomic E-state index is 0. The topological polar surface area (TPSA) is 63.1 Å². The fourth-order valence-electron chi connectivity index (χ4n) is 6.82. The molecule has 1 radical (unpaired) electrons. The third-order valence-corrected chi connectivity index (χ3v) is 9.77. The van der Waals surface area contributed by atoms with E-state index in [0.717, 1.165) is 66.4 Å². The van der Waals surface area contributed by atoms with Crippen LogP contribution in [-0.2, 0) is 37.7 Å². The number of aliphatic hydroxyl groups excluding tert-OH is 1. The molecule has 0 fully saturated rings. The van der Waals surface area contributed by atoms with Crippen LogP contribution < -0.4 is 0 Å². The van der Waals surface area contributed by atoms with Crippen LogP contribution in [0, 0.1) is 17.9 Å². The van der Waals surface area contributed by atoms with E-state index in [1.54, 1.807) is 0 Å². The van der Waals surface area contributed by atoms with Crippen molar-refractivity contribution in [3.63, 3.8) is 0 Å². The summed E-state index contributed by atoms with van der Waals surface area (Å²) in [5, 5.41) is 12.2. The Morgan fingerprint density at radius 3 is 2.18 bits per heavy atom. The van der Waals surface area contributed by atoms with E-state index in [-0.39, 0.29) is 43.5 Å². The Morgan fingerprint density at radius 2 is 1.51 bits per heavy atom. The normalized spacial score (nSPS) is 12.3. The molecule has 0 unspecified atom stereocenters. The molecule has 5 heteroatoms. The number of aliphatic hydroxyl groups is 1. The second-order valence-corrected chi connectivity index (χ2v) is 13.1. The van der Waals surface area contributed by atoms with Gasteiger partial charge in [0.2, 0.25) is 0 Å². The largest absolute Gasteiger partial charge is 0.512 e. The predicted octanol–water partition coefficient (Wildman–Crippen LogP) is 11.5. The smallest absolute Gasteiger partial charge is 0.162 e. The van der Waals surface area contributed by atoms with Crippen molar-refractivity contribution in [2.75, 3.05) is 0 Å². The van der Waals surface area contributed by atoms with Crippen molar-refractivity contribution in [1.82, 2.24) is 9.97 Å². The molecular weight excluding hydrogens is 781 g/mol. The molecule has 2 heterocycles. The van der Waals surface area contributed by atoms with Gasteiger partial charge in [-0.1, -0.05) is 107 Å². The molecule has 3 aromatic carbocycles.